The lowest BCUT2D eigenvalue weighted by molar-refractivity contribution is -0.121. The lowest BCUT2D eigenvalue weighted by Gasteiger charge is -2.16. The van der Waals surface area contributed by atoms with Crippen LogP contribution in [0.2, 0.25) is 5.02 Å². The Balaban J connectivity index is 1.67. The van der Waals surface area contributed by atoms with Crippen LogP contribution in [0.25, 0.3) is 0 Å². The van der Waals surface area contributed by atoms with E-state index in [0.717, 1.165) is 36.5 Å². The molecule has 1 aliphatic rings. The van der Waals surface area contributed by atoms with Crippen molar-refractivity contribution in [3.63, 3.8) is 0 Å². The van der Waals surface area contributed by atoms with Crippen LogP contribution in [0.15, 0.2) is 24.3 Å². The fourth-order valence-electron chi connectivity index (χ4n) is 2.55. The first-order valence-corrected chi connectivity index (χ1v) is 7.86. The van der Waals surface area contributed by atoms with Gasteiger partial charge in [-0.15, -0.1) is 0 Å². The zero-order valence-electron chi connectivity index (χ0n) is 11.8. The number of hydrogen-bond donors (Lipinski definition) is 2. The number of benzene rings is 1. The summed E-state index contributed by atoms with van der Waals surface area (Å²) in [6.07, 6.45) is 6.23. The van der Waals surface area contributed by atoms with Crippen molar-refractivity contribution in [2.45, 2.75) is 44.6 Å². The van der Waals surface area contributed by atoms with Crippen molar-refractivity contribution in [1.29, 1.82) is 0 Å². The maximum Gasteiger partial charge on any atom is 0.220 e. The van der Waals surface area contributed by atoms with Gasteiger partial charge in [0.2, 0.25) is 5.91 Å². The summed E-state index contributed by atoms with van der Waals surface area (Å²) in [4.78, 5) is 11.9. The van der Waals surface area contributed by atoms with Gasteiger partial charge in [-0.2, -0.15) is 0 Å². The predicted molar refractivity (Wildman–Crippen MR) is 83.0 cm³/mol. The molecule has 0 radical (unpaired) electrons. The Morgan fingerprint density at radius 3 is 3.10 bits per heavy atom. The van der Waals surface area contributed by atoms with E-state index in [1.165, 1.54) is 19.3 Å². The SMILES string of the molecule is O=C(CCc1cccc(Cl)c1)NCC1CCCCCN1. The molecule has 1 atom stereocenters. The highest BCUT2D eigenvalue weighted by Gasteiger charge is 2.12. The average molecular weight is 295 g/mol. The normalized spacial score (nSPS) is 19.4. The largest absolute Gasteiger partial charge is 0.355 e. The molecule has 0 bridgehead atoms. The molecule has 3 nitrogen and oxygen atoms in total. The quantitative estimate of drug-likeness (QED) is 0.877. The Hall–Kier alpha value is -1.06. The van der Waals surface area contributed by atoms with Crippen LogP contribution in [0.1, 0.15) is 37.7 Å². The second-order valence-electron chi connectivity index (χ2n) is 5.43. The molecule has 1 fully saturated rings. The Morgan fingerprint density at radius 1 is 1.35 bits per heavy atom. The van der Waals surface area contributed by atoms with Gasteiger partial charge in [0.25, 0.3) is 0 Å². The number of carbonyl (C=O) groups excluding carboxylic acids is 1. The Kier molecular flexibility index (Phi) is 6.34. The van der Waals surface area contributed by atoms with Gasteiger partial charge >= 0.3 is 0 Å². The summed E-state index contributed by atoms with van der Waals surface area (Å²) in [6.45, 7) is 1.82. The summed E-state index contributed by atoms with van der Waals surface area (Å²) in [5.41, 5.74) is 1.11. The number of hydrogen-bond acceptors (Lipinski definition) is 2. The molecule has 110 valence electrons. The van der Waals surface area contributed by atoms with Crippen LogP contribution in [0.4, 0.5) is 0 Å². The smallest absolute Gasteiger partial charge is 0.220 e. The van der Waals surface area contributed by atoms with Crippen molar-refractivity contribution >= 4 is 17.5 Å². The van der Waals surface area contributed by atoms with Crippen LogP contribution in [-0.2, 0) is 11.2 Å². The monoisotopic (exact) mass is 294 g/mol. The highest BCUT2D eigenvalue weighted by atomic mass is 35.5. The minimum absolute atomic E-state index is 0.121. The van der Waals surface area contributed by atoms with Gasteiger partial charge in [0, 0.05) is 24.0 Å². The fraction of sp³-hybridized carbons (Fsp3) is 0.562. The highest BCUT2D eigenvalue weighted by Crippen LogP contribution is 2.12. The molecule has 0 aliphatic carbocycles. The summed E-state index contributed by atoms with van der Waals surface area (Å²) in [7, 11) is 0. The molecule has 1 aliphatic heterocycles. The molecule has 1 saturated heterocycles. The summed E-state index contributed by atoms with van der Waals surface area (Å²) >= 11 is 5.93. The molecule has 1 aromatic rings. The number of nitrogens with one attached hydrogen (secondary N) is 2. The molecule has 4 heteroatoms. The second-order valence-corrected chi connectivity index (χ2v) is 5.87. The first-order chi connectivity index (χ1) is 9.74. The number of carbonyl (C=O) groups is 1. The zero-order valence-corrected chi connectivity index (χ0v) is 12.6. The summed E-state index contributed by atoms with van der Waals surface area (Å²) < 4.78 is 0. The molecular formula is C16H23ClN2O. The van der Waals surface area contributed by atoms with E-state index in [1.54, 1.807) is 0 Å². The van der Waals surface area contributed by atoms with Crippen molar-refractivity contribution in [2.24, 2.45) is 0 Å². The molecule has 1 aromatic carbocycles. The van der Waals surface area contributed by atoms with Crippen molar-refractivity contribution in [3.8, 4) is 0 Å². The third-order valence-electron chi connectivity index (χ3n) is 3.74. The van der Waals surface area contributed by atoms with E-state index in [0.29, 0.717) is 12.5 Å². The van der Waals surface area contributed by atoms with E-state index >= 15 is 0 Å². The molecule has 1 unspecified atom stereocenters. The molecule has 0 aromatic heterocycles. The Bertz CT molecular complexity index is 428. The van der Waals surface area contributed by atoms with Crippen molar-refractivity contribution in [2.75, 3.05) is 13.1 Å². The topological polar surface area (TPSA) is 41.1 Å². The third-order valence-corrected chi connectivity index (χ3v) is 3.97. The molecule has 2 N–H and O–H groups in total. The van der Waals surface area contributed by atoms with E-state index < -0.39 is 0 Å². The highest BCUT2D eigenvalue weighted by molar-refractivity contribution is 6.30. The second kappa shape index (κ2) is 8.28. The molecule has 1 heterocycles. The molecule has 1 amide bonds. The zero-order chi connectivity index (χ0) is 14.2. The van der Waals surface area contributed by atoms with Crippen molar-refractivity contribution in [1.82, 2.24) is 10.6 Å². The van der Waals surface area contributed by atoms with Gasteiger partial charge in [-0.25, -0.2) is 0 Å². The fourth-order valence-corrected chi connectivity index (χ4v) is 2.76. The lowest BCUT2D eigenvalue weighted by Crippen LogP contribution is -2.40. The summed E-state index contributed by atoms with van der Waals surface area (Å²) in [5.74, 6) is 0.121. The lowest BCUT2D eigenvalue weighted by atomic mass is 10.1. The van der Waals surface area contributed by atoms with E-state index in [2.05, 4.69) is 10.6 Å². The van der Waals surface area contributed by atoms with Gasteiger partial charge < -0.3 is 10.6 Å². The Morgan fingerprint density at radius 2 is 2.25 bits per heavy atom. The van der Waals surface area contributed by atoms with Gasteiger partial charge in [0.1, 0.15) is 0 Å². The Labute approximate surface area is 126 Å². The van der Waals surface area contributed by atoms with Crippen LogP contribution in [0.5, 0.6) is 0 Å². The average Bonchev–Trinajstić information content (AvgIpc) is 2.71. The first-order valence-electron chi connectivity index (χ1n) is 7.48. The van der Waals surface area contributed by atoms with Gasteiger partial charge in [-0.1, -0.05) is 36.6 Å². The number of rotatable bonds is 5. The summed E-state index contributed by atoms with van der Waals surface area (Å²) in [5, 5.41) is 7.24. The van der Waals surface area contributed by atoms with E-state index in [4.69, 9.17) is 11.6 Å². The van der Waals surface area contributed by atoms with E-state index in [-0.39, 0.29) is 5.91 Å². The van der Waals surface area contributed by atoms with Crippen LogP contribution in [-0.4, -0.2) is 25.0 Å². The van der Waals surface area contributed by atoms with Gasteiger partial charge in [-0.05, 0) is 43.5 Å². The number of amides is 1. The van der Waals surface area contributed by atoms with E-state index in [1.807, 2.05) is 24.3 Å². The minimum Gasteiger partial charge on any atom is -0.355 e. The molecule has 2 rings (SSSR count). The van der Waals surface area contributed by atoms with Gasteiger partial charge in [0.05, 0.1) is 0 Å². The predicted octanol–water partition coefficient (Wildman–Crippen LogP) is 2.92. The van der Waals surface area contributed by atoms with Crippen LogP contribution in [0.3, 0.4) is 0 Å². The molecule has 0 saturated carbocycles. The maximum absolute atomic E-state index is 11.9. The third kappa shape index (κ3) is 5.51. The van der Waals surface area contributed by atoms with Crippen LogP contribution < -0.4 is 10.6 Å². The number of aryl methyl sites for hydroxylation is 1. The van der Waals surface area contributed by atoms with Gasteiger partial charge in [-0.3, -0.25) is 4.79 Å². The van der Waals surface area contributed by atoms with Crippen LogP contribution in [0, 0.1) is 0 Å². The minimum atomic E-state index is 0.121. The summed E-state index contributed by atoms with van der Waals surface area (Å²) in [6, 6.07) is 8.13. The molecule has 0 spiro atoms. The van der Waals surface area contributed by atoms with Crippen LogP contribution >= 0.6 is 11.6 Å². The standard InChI is InChI=1S/C16H23ClN2O/c17-14-6-4-5-13(11-14)8-9-16(20)19-12-15-7-2-1-3-10-18-15/h4-6,11,15,18H,1-3,7-10,12H2,(H,19,20). The molecule has 20 heavy (non-hydrogen) atoms. The van der Waals surface area contributed by atoms with Gasteiger partial charge in [0.15, 0.2) is 0 Å². The van der Waals surface area contributed by atoms with Crippen molar-refractivity contribution < 1.29 is 4.79 Å². The molecular weight excluding hydrogens is 272 g/mol. The maximum atomic E-state index is 11.9. The van der Waals surface area contributed by atoms with E-state index in [9.17, 15) is 4.79 Å². The first kappa shape index (κ1) is 15.3. The van der Waals surface area contributed by atoms with Crippen molar-refractivity contribution in [3.05, 3.63) is 34.9 Å². The number of halogens is 1.